The third-order valence-corrected chi connectivity index (χ3v) is 7.45. The lowest BCUT2D eigenvalue weighted by Crippen LogP contribution is -2.45. The van der Waals surface area contributed by atoms with Gasteiger partial charge < -0.3 is 15.4 Å². The van der Waals surface area contributed by atoms with Crippen LogP contribution in [0.1, 0.15) is 43.2 Å². The standard InChI is InChI=1S/C25H31Br2N3O3S.ClH/c1-30(20-10-6-3-7-11-20)14-18-12-19(26)13-21(27)23(18)29-24(31)22(16-34)28-25(32)33-15-17-8-4-2-5-9-17;/h2,4-5,8-9,12-13,20,22,34H,3,6-7,10-11,14-16H2,1H3,(H,28,32)(H,29,31);1H/t22-;/m0./s1. The number of halogens is 3. The Balaban J connectivity index is 0.00000432. The van der Waals surface area contributed by atoms with Crippen LogP contribution in [0.5, 0.6) is 0 Å². The van der Waals surface area contributed by atoms with Gasteiger partial charge in [0, 0.05) is 27.3 Å². The Bertz CT molecular complexity index is 978. The van der Waals surface area contributed by atoms with Gasteiger partial charge in [-0.15, -0.1) is 12.4 Å². The molecule has 192 valence electrons. The number of carbonyl (C=O) groups is 2. The first-order chi connectivity index (χ1) is 16.4. The van der Waals surface area contributed by atoms with E-state index in [2.05, 4.69) is 67.1 Å². The average molecular weight is 650 g/mol. The molecule has 0 heterocycles. The Morgan fingerprint density at radius 1 is 1.14 bits per heavy atom. The molecule has 0 unspecified atom stereocenters. The van der Waals surface area contributed by atoms with Crippen molar-refractivity contribution in [2.75, 3.05) is 18.1 Å². The second-order valence-electron chi connectivity index (χ2n) is 8.56. The van der Waals surface area contributed by atoms with Crippen molar-refractivity contribution in [3.05, 3.63) is 62.5 Å². The molecule has 1 aliphatic carbocycles. The number of anilines is 1. The second-order valence-corrected chi connectivity index (χ2v) is 10.7. The lowest BCUT2D eigenvalue weighted by Gasteiger charge is -2.32. The number of hydrogen-bond donors (Lipinski definition) is 3. The van der Waals surface area contributed by atoms with E-state index in [0.717, 1.165) is 20.1 Å². The molecular formula is C25H32Br2ClN3O3S. The molecule has 1 aliphatic rings. The third kappa shape index (κ3) is 9.28. The Labute approximate surface area is 236 Å². The van der Waals surface area contributed by atoms with Crippen molar-refractivity contribution in [1.29, 1.82) is 0 Å². The molecule has 10 heteroatoms. The summed E-state index contributed by atoms with van der Waals surface area (Å²) in [5, 5.41) is 5.61. The fourth-order valence-corrected chi connectivity index (χ4v) is 5.79. The first kappa shape index (κ1) is 30.0. The molecular weight excluding hydrogens is 618 g/mol. The van der Waals surface area contributed by atoms with Gasteiger partial charge in [0.15, 0.2) is 0 Å². The van der Waals surface area contributed by atoms with Crippen LogP contribution in [0, 0.1) is 0 Å². The van der Waals surface area contributed by atoms with Gasteiger partial charge in [0.05, 0.1) is 5.69 Å². The Morgan fingerprint density at radius 2 is 1.83 bits per heavy atom. The van der Waals surface area contributed by atoms with Gasteiger partial charge in [-0.3, -0.25) is 9.69 Å². The van der Waals surface area contributed by atoms with E-state index >= 15 is 0 Å². The topological polar surface area (TPSA) is 70.7 Å². The quantitative estimate of drug-likeness (QED) is 0.269. The van der Waals surface area contributed by atoms with Crippen LogP contribution in [0.3, 0.4) is 0 Å². The highest BCUT2D eigenvalue weighted by Crippen LogP contribution is 2.33. The molecule has 1 atom stereocenters. The predicted molar refractivity (Wildman–Crippen MR) is 153 cm³/mol. The number of hydrogen-bond acceptors (Lipinski definition) is 5. The van der Waals surface area contributed by atoms with Crippen LogP contribution >= 0.6 is 56.9 Å². The molecule has 0 aliphatic heterocycles. The minimum absolute atomic E-state index is 0. The van der Waals surface area contributed by atoms with Crippen molar-refractivity contribution < 1.29 is 14.3 Å². The summed E-state index contributed by atoms with van der Waals surface area (Å²) in [7, 11) is 2.14. The molecule has 2 amide bonds. The zero-order valence-electron chi connectivity index (χ0n) is 19.6. The largest absolute Gasteiger partial charge is 0.445 e. The van der Waals surface area contributed by atoms with Crippen molar-refractivity contribution in [2.45, 2.75) is 57.3 Å². The molecule has 1 saturated carbocycles. The monoisotopic (exact) mass is 647 g/mol. The van der Waals surface area contributed by atoms with Crippen molar-refractivity contribution in [3.8, 4) is 0 Å². The first-order valence-electron chi connectivity index (χ1n) is 11.4. The number of ether oxygens (including phenoxy) is 1. The second kappa shape index (κ2) is 15.1. The van der Waals surface area contributed by atoms with Crippen molar-refractivity contribution in [2.24, 2.45) is 0 Å². The number of carbonyl (C=O) groups excluding carboxylic acids is 2. The Kier molecular flexibility index (Phi) is 12.9. The summed E-state index contributed by atoms with van der Waals surface area (Å²) in [4.78, 5) is 27.7. The molecule has 3 rings (SSSR count). The van der Waals surface area contributed by atoms with Crippen LogP contribution in [0.2, 0.25) is 0 Å². The summed E-state index contributed by atoms with van der Waals surface area (Å²) >= 11 is 11.4. The number of rotatable bonds is 9. The maximum Gasteiger partial charge on any atom is 0.408 e. The van der Waals surface area contributed by atoms with Gasteiger partial charge in [-0.2, -0.15) is 12.6 Å². The van der Waals surface area contributed by atoms with Crippen LogP contribution in [0.25, 0.3) is 0 Å². The van der Waals surface area contributed by atoms with Gasteiger partial charge >= 0.3 is 6.09 Å². The average Bonchev–Trinajstić information content (AvgIpc) is 2.84. The van der Waals surface area contributed by atoms with Gasteiger partial charge in [-0.05, 0) is 59.1 Å². The SMILES string of the molecule is CN(Cc1cc(Br)cc(Br)c1NC(=O)[C@H](CS)NC(=O)OCc1ccccc1)C1CCCCC1.Cl. The zero-order chi connectivity index (χ0) is 24.5. The molecule has 0 aromatic heterocycles. The van der Waals surface area contributed by atoms with E-state index in [1.54, 1.807) is 0 Å². The minimum Gasteiger partial charge on any atom is -0.445 e. The van der Waals surface area contributed by atoms with Crippen molar-refractivity contribution in [1.82, 2.24) is 10.2 Å². The highest BCUT2D eigenvalue weighted by molar-refractivity contribution is 9.11. The molecule has 0 bridgehead atoms. The van der Waals surface area contributed by atoms with E-state index < -0.39 is 12.1 Å². The van der Waals surface area contributed by atoms with Crippen LogP contribution in [-0.4, -0.2) is 41.8 Å². The highest BCUT2D eigenvalue weighted by atomic mass is 79.9. The van der Waals surface area contributed by atoms with Crippen molar-refractivity contribution >= 4 is 74.6 Å². The summed E-state index contributed by atoms with van der Waals surface area (Å²) < 4.78 is 6.96. The van der Waals surface area contributed by atoms with Gasteiger partial charge in [0.2, 0.25) is 5.91 Å². The van der Waals surface area contributed by atoms with Crippen molar-refractivity contribution in [3.63, 3.8) is 0 Å². The molecule has 2 aromatic rings. The smallest absolute Gasteiger partial charge is 0.408 e. The van der Waals surface area contributed by atoms with Crippen LogP contribution in [0.4, 0.5) is 10.5 Å². The lowest BCUT2D eigenvalue weighted by atomic mass is 9.94. The highest BCUT2D eigenvalue weighted by Gasteiger charge is 2.24. The van der Waals surface area contributed by atoms with Crippen LogP contribution in [0.15, 0.2) is 51.4 Å². The fraction of sp³-hybridized carbons (Fsp3) is 0.440. The van der Waals surface area contributed by atoms with E-state index in [0.29, 0.717) is 18.3 Å². The molecule has 0 radical (unpaired) electrons. The molecule has 2 aromatic carbocycles. The lowest BCUT2D eigenvalue weighted by molar-refractivity contribution is -0.117. The Hall–Kier alpha value is -1.26. The predicted octanol–water partition coefficient (Wildman–Crippen LogP) is 6.56. The number of nitrogens with one attached hydrogen (secondary N) is 2. The molecule has 0 saturated heterocycles. The van der Waals surface area contributed by atoms with Gasteiger partial charge in [-0.1, -0.05) is 65.5 Å². The zero-order valence-corrected chi connectivity index (χ0v) is 24.5. The maximum absolute atomic E-state index is 13.1. The molecule has 35 heavy (non-hydrogen) atoms. The van der Waals surface area contributed by atoms with Gasteiger partial charge in [-0.25, -0.2) is 4.79 Å². The van der Waals surface area contributed by atoms with E-state index in [9.17, 15) is 9.59 Å². The summed E-state index contributed by atoms with van der Waals surface area (Å²) in [6.07, 6.45) is 5.56. The summed E-state index contributed by atoms with van der Waals surface area (Å²) in [5.74, 6) is -0.214. The van der Waals surface area contributed by atoms with Crippen LogP contribution < -0.4 is 10.6 Å². The van der Waals surface area contributed by atoms with E-state index in [1.165, 1.54) is 32.1 Å². The van der Waals surface area contributed by atoms with E-state index in [4.69, 9.17) is 4.74 Å². The van der Waals surface area contributed by atoms with Crippen LogP contribution in [-0.2, 0) is 22.7 Å². The van der Waals surface area contributed by atoms with E-state index in [-0.39, 0.29) is 30.7 Å². The minimum atomic E-state index is -0.842. The summed E-state index contributed by atoms with van der Waals surface area (Å²) in [6, 6.07) is 13.0. The molecule has 0 spiro atoms. The fourth-order valence-electron chi connectivity index (χ4n) is 4.12. The summed E-state index contributed by atoms with van der Waals surface area (Å²) in [5.41, 5.74) is 2.56. The molecule has 1 fully saturated rings. The van der Waals surface area contributed by atoms with Gasteiger partial charge in [0.1, 0.15) is 12.6 Å². The molecule has 6 nitrogen and oxygen atoms in total. The number of thiol groups is 1. The number of alkyl carbamates (subject to hydrolysis) is 1. The first-order valence-corrected chi connectivity index (χ1v) is 13.7. The number of benzene rings is 2. The molecule has 2 N–H and O–H groups in total. The number of nitrogens with zero attached hydrogens (tertiary/aromatic N) is 1. The van der Waals surface area contributed by atoms with Gasteiger partial charge in [0.25, 0.3) is 0 Å². The summed E-state index contributed by atoms with van der Waals surface area (Å²) in [6.45, 7) is 0.833. The maximum atomic E-state index is 13.1. The number of amides is 2. The third-order valence-electron chi connectivity index (χ3n) is 6.01. The Morgan fingerprint density at radius 3 is 2.49 bits per heavy atom. The normalized spacial score (nSPS) is 14.7. The van der Waals surface area contributed by atoms with E-state index in [1.807, 2.05) is 42.5 Å².